The first kappa shape index (κ1) is 12.7. The lowest BCUT2D eigenvalue weighted by Crippen LogP contribution is -2.48. The summed E-state index contributed by atoms with van der Waals surface area (Å²) in [5.41, 5.74) is -0.453. The Hall–Kier alpha value is -0.750. The number of nitrogens with one attached hydrogen (secondary N) is 1. The standard InChI is InChI=1S/C11H19N3O2S/c1-10(2,3)17(15)14-11(4,8-5-6-8)9-12-7-16-13-9/h7-8,14H,5-6H2,1-4H3. The van der Waals surface area contributed by atoms with Crippen LogP contribution in [0, 0.1) is 5.92 Å². The zero-order chi connectivity index (χ0) is 12.7. The Balaban J connectivity index is 2.22. The van der Waals surface area contributed by atoms with E-state index in [-0.39, 0.29) is 4.75 Å². The molecule has 1 N–H and O–H groups in total. The first-order chi connectivity index (χ1) is 7.84. The molecule has 2 atom stereocenters. The van der Waals surface area contributed by atoms with Crippen molar-refractivity contribution in [3.8, 4) is 0 Å². The second kappa shape index (κ2) is 4.17. The van der Waals surface area contributed by atoms with Crippen LogP contribution in [-0.2, 0) is 16.5 Å². The van der Waals surface area contributed by atoms with Gasteiger partial charge in [0.2, 0.25) is 6.39 Å². The van der Waals surface area contributed by atoms with Gasteiger partial charge >= 0.3 is 0 Å². The molecule has 2 unspecified atom stereocenters. The van der Waals surface area contributed by atoms with Crippen molar-refractivity contribution in [2.24, 2.45) is 5.92 Å². The monoisotopic (exact) mass is 257 g/mol. The maximum Gasteiger partial charge on any atom is 0.213 e. The third kappa shape index (κ3) is 2.57. The molecule has 1 aromatic heterocycles. The average molecular weight is 257 g/mol. The van der Waals surface area contributed by atoms with Crippen LogP contribution in [0.1, 0.15) is 46.4 Å². The van der Waals surface area contributed by atoms with E-state index in [0.717, 1.165) is 12.8 Å². The lowest BCUT2D eigenvalue weighted by Gasteiger charge is -2.30. The highest BCUT2D eigenvalue weighted by molar-refractivity contribution is 7.84. The maximum absolute atomic E-state index is 12.2. The van der Waals surface area contributed by atoms with Crippen LogP contribution in [0.4, 0.5) is 0 Å². The van der Waals surface area contributed by atoms with Crippen LogP contribution in [0.25, 0.3) is 0 Å². The molecule has 2 rings (SSSR count). The van der Waals surface area contributed by atoms with Gasteiger partial charge in [0.1, 0.15) is 0 Å². The molecular weight excluding hydrogens is 238 g/mol. The highest BCUT2D eigenvalue weighted by Gasteiger charge is 2.47. The van der Waals surface area contributed by atoms with E-state index in [0.29, 0.717) is 11.7 Å². The van der Waals surface area contributed by atoms with Gasteiger partial charge in [-0.25, -0.2) is 8.93 Å². The van der Waals surface area contributed by atoms with E-state index < -0.39 is 16.5 Å². The molecule has 0 spiro atoms. The van der Waals surface area contributed by atoms with Crippen molar-refractivity contribution in [1.82, 2.24) is 14.9 Å². The van der Waals surface area contributed by atoms with Crippen LogP contribution in [-0.4, -0.2) is 19.1 Å². The molecule has 5 nitrogen and oxygen atoms in total. The van der Waals surface area contributed by atoms with E-state index >= 15 is 0 Å². The number of hydrogen-bond acceptors (Lipinski definition) is 4. The molecular formula is C11H19N3O2S. The Labute approximate surface area is 104 Å². The Bertz CT molecular complexity index is 409. The normalized spacial score (nSPS) is 22.1. The summed E-state index contributed by atoms with van der Waals surface area (Å²) < 4.78 is 19.9. The molecule has 0 saturated heterocycles. The van der Waals surface area contributed by atoms with Crippen molar-refractivity contribution in [2.75, 3.05) is 0 Å². The zero-order valence-electron chi connectivity index (χ0n) is 10.7. The minimum atomic E-state index is -1.14. The fourth-order valence-corrected chi connectivity index (χ4v) is 2.67. The molecule has 1 heterocycles. The topological polar surface area (TPSA) is 68.0 Å². The number of aromatic nitrogens is 2. The second-order valence-corrected chi connectivity index (χ2v) is 7.68. The van der Waals surface area contributed by atoms with Gasteiger partial charge < -0.3 is 4.52 Å². The fraction of sp³-hybridized carbons (Fsp3) is 0.818. The van der Waals surface area contributed by atoms with Gasteiger partial charge in [-0.15, -0.1) is 0 Å². The van der Waals surface area contributed by atoms with Gasteiger partial charge in [-0.2, -0.15) is 4.98 Å². The Morgan fingerprint density at radius 3 is 2.47 bits per heavy atom. The van der Waals surface area contributed by atoms with Gasteiger partial charge in [0.05, 0.1) is 21.3 Å². The number of hydrogen-bond donors (Lipinski definition) is 1. The third-order valence-electron chi connectivity index (χ3n) is 3.08. The van der Waals surface area contributed by atoms with Crippen molar-refractivity contribution in [2.45, 2.75) is 50.8 Å². The van der Waals surface area contributed by atoms with Crippen LogP contribution in [0.15, 0.2) is 10.9 Å². The van der Waals surface area contributed by atoms with Crippen LogP contribution in [0.2, 0.25) is 0 Å². The highest BCUT2D eigenvalue weighted by Crippen LogP contribution is 2.45. The zero-order valence-corrected chi connectivity index (χ0v) is 11.5. The van der Waals surface area contributed by atoms with E-state index in [1.807, 2.05) is 27.7 Å². The summed E-state index contributed by atoms with van der Waals surface area (Å²) in [6.45, 7) is 7.83. The van der Waals surface area contributed by atoms with E-state index in [4.69, 9.17) is 4.52 Å². The number of nitrogens with zero attached hydrogens (tertiary/aromatic N) is 2. The molecule has 0 aromatic carbocycles. The first-order valence-electron chi connectivity index (χ1n) is 5.80. The summed E-state index contributed by atoms with van der Waals surface area (Å²) in [5, 5.41) is 3.90. The van der Waals surface area contributed by atoms with Crippen molar-refractivity contribution >= 4 is 11.0 Å². The van der Waals surface area contributed by atoms with E-state index in [1.165, 1.54) is 6.39 Å². The van der Waals surface area contributed by atoms with E-state index in [1.54, 1.807) is 0 Å². The molecule has 0 bridgehead atoms. The van der Waals surface area contributed by atoms with Crippen LogP contribution >= 0.6 is 0 Å². The predicted octanol–water partition coefficient (Wildman–Crippen LogP) is 1.75. The van der Waals surface area contributed by atoms with Gasteiger partial charge in [-0.1, -0.05) is 5.16 Å². The van der Waals surface area contributed by atoms with Crippen molar-refractivity contribution in [3.05, 3.63) is 12.2 Å². The summed E-state index contributed by atoms with van der Waals surface area (Å²) in [7, 11) is -1.14. The third-order valence-corrected chi connectivity index (χ3v) is 4.80. The molecule has 96 valence electrons. The highest BCUT2D eigenvalue weighted by atomic mass is 32.2. The molecule has 0 radical (unpaired) electrons. The molecule has 1 aromatic rings. The van der Waals surface area contributed by atoms with Gasteiger partial charge in [-0.05, 0) is 46.5 Å². The van der Waals surface area contributed by atoms with Crippen molar-refractivity contribution in [3.63, 3.8) is 0 Å². The molecule has 1 aliphatic rings. The lowest BCUT2D eigenvalue weighted by molar-refractivity contribution is 0.330. The molecule has 6 heteroatoms. The SMILES string of the molecule is CC(NS(=O)C(C)(C)C)(c1ncon1)C1CC1. The summed E-state index contributed by atoms with van der Waals surface area (Å²) in [6, 6.07) is 0. The van der Waals surface area contributed by atoms with Gasteiger partial charge in [-0.3, -0.25) is 0 Å². The molecule has 1 fully saturated rings. The Morgan fingerprint density at radius 2 is 2.06 bits per heavy atom. The van der Waals surface area contributed by atoms with Crippen molar-refractivity contribution in [1.29, 1.82) is 0 Å². The van der Waals surface area contributed by atoms with Crippen LogP contribution < -0.4 is 4.72 Å². The Morgan fingerprint density at radius 1 is 1.41 bits per heavy atom. The minimum Gasteiger partial charge on any atom is -0.343 e. The van der Waals surface area contributed by atoms with Crippen LogP contribution in [0.5, 0.6) is 0 Å². The van der Waals surface area contributed by atoms with E-state index in [2.05, 4.69) is 14.9 Å². The second-order valence-electron chi connectivity index (χ2n) is 5.71. The summed E-state index contributed by atoms with van der Waals surface area (Å²) >= 11 is 0. The van der Waals surface area contributed by atoms with Crippen LogP contribution in [0.3, 0.4) is 0 Å². The van der Waals surface area contributed by atoms with Gasteiger partial charge in [0.15, 0.2) is 5.82 Å². The predicted molar refractivity (Wildman–Crippen MR) is 65.4 cm³/mol. The summed E-state index contributed by atoms with van der Waals surface area (Å²) in [5.74, 6) is 1.03. The lowest BCUT2D eigenvalue weighted by atomic mass is 9.97. The van der Waals surface area contributed by atoms with Gasteiger partial charge in [0, 0.05) is 0 Å². The quantitative estimate of drug-likeness (QED) is 0.892. The van der Waals surface area contributed by atoms with Gasteiger partial charge in [0.25, 0.3) is 0 Å². The number of rotatable bonds is 4. The smallest absolute Gasteiger partial charge is 0.213 e. The maximum atomic E-state index is 12.2. The molecule has 0 aliphatic heterocycles. The average Bonchev–Trinajstić information content (AvgIpc) is 2.92. The summed E-state index contributed by atoms with van der Waals surface area (Å²) in [4.78, 5) is 4.11. The minimum absolute atomic E-state index is 0.306. The first-order valence-corrected chi connectivity index (χ1v) is 6.95. The molecule has 1 saturated carbocycles. The van der Waals surface area contributed by atoms with Crippen molar-refractivity contribution < 1.29 is 8.73 Å². The summed E-state index contributed by atoms with van der Waals surface area (Å²) in [6.07, 6.45) is 3.54. The molecule has 1 aliphatic carbocycles. The molecule has 0 amide bonds. The van der Waals surface area contributed by atoms with E-state index in [9.17, 15) is 4.21 Å². The Kier molecular flexibility index (Phi) is 3.12. The molecule has 17 heavy (non-hydrogen) atoms. The largest absolute Gasteiger partial charge is 0.343 e. The fourth-order valence-electron chi connectivity index (χ4n) is 1.72.